The van der Waals surface area contributed by atoms with Gasteiger partial charge in [-0.25, -0.2) is 4.98 Å². The van der Waals surface area contributed by atoms with E-state index in [1.54, 1.807) is 0 Å². The second kappa shape index (κ2) is 7.64. The summed E-state index contributed by atoms with van der Waals surface area (Å²) >= 11 is 0. The summed E-state index contributed by atoms with van der Waals surface area (Å²) in [6.07, 6.45) is 3.43. The van der Waals surface area contributed by atoms with E-state index >= 15 is 0 Å². The smallest absolute Gasteiger partial charge is 0.147 e. The van der Waals surface area contributed by atoms with E-state index in [9.17, 15) is 0 Å². The number of nitrogens with zero attached hydrogens (tertiary/aromatic N) is 6. The molecule has 0 bridgehead atoms. The summed E-state index contributed by atoms with van der Waals surface area (Å²) in [7, 11) is 0. The number of benzene rings is 1. The molecule has 5 rings (SSSR count). The standard InChI is InChI=1S/C21H29N7/c1-2-10-27-18-6-4-3-5-17(18)23-20(27)15-26-11-7-16(8-12-26)21-25-24-19-14-22-9-13-28(19)21/h3-6,16,22H,2,7-15H2,1H3. The van der Waals surface area contributed by atoms with Crippen molar-refractivity contribution in [2.75, 3.05) is 19.6 Å². The molecule has 0 radical (unpaired) electrons. The van der Waals surface area contributed by atoms with Crippen LogP contribution in [0, 0.1) is 0 Å². The molecular formula is C21H29N7. The van der Waals surface area contributed by atoms with Crippen molar-refractivity contribution in [3.05, 3.63) is 41.7 Å². The second-order valence-corrected chi connectivity index (χ2v) is 8.02. The van der Waals surface area contributed by atoms with Crippen molar-refractivity contribution in [3.8, 4) is 0 Å². The molecule has 1 saturated heterocycles. The van der Waals surface area contributed by atoms with Gasteiger partial charge in [0.15, 0.2) is 0 Å². The third kappa shape index (κ3) is 3.22. The maximum atomic E-state index is 4.94. The van der Waals surface area contributed by atoms with Gasteiger partial charge in [-0.15, -0.1) is 10.2 Å². The maximum Gasteiger partial charge on any atom is 0.147 e. The van der Waals surface area contributed by atoms with Gasteiger partial charge >= 0.3 is 0 Å². The van der Waals surface area contributed by atoms with Crippen LogP contribution in [0.2, 0.25) is 0 Å². The first-order valence-electron chi connectivity index (χ1n) is 10.6. The lowest BCUT2D eigenvalue weighted by atomic mass is 9.95. The summed E-state index contributed by atoms with van der Waals surface area (Å²) in [4.78, 5) is 7.49. The van der Waals surface area contributed by atoms with E-state index in [4.69, 9.17) is 4.98 Å². The summed E-state index contributed by atoms with van der Waals surface area (Å²) in [5.74, 6) is 4.03. The molecule has 2 aromatic heterocycles. The minimum atomic E-state index is 0.532. The third-order valence-corrected chi connectivity index (χ3v) is 6.15. The highest BCUT2D eigenvalue weighted by atomic mass is 15.3. The van der Waals surface area contributed by atoms with Crippen molar-refractivity contribution in [2.45, 2.75) is 58.3 Å². The van der Waals surface area contributed by atoms with Gasteiger partial charge in [0.1, 0.15) is 17.5 Å². The summed E-state index contributed by atoms with van der Waals surface area (Å²) in [6, 6.07) is 8.51. The van der Waals surface area contributed by atoms with Gasteiger partial charge in [0.2, 0.25) is 0 Å². The molecule has 1 N–H and O–H groups in total. The van der Waals surface area contributed by atoms with Crippen LogP contribution in [-0.2, 0) is 26.2 Å². The predicted octanol–water partition coefficient (Wildman–Crippen LogP) is 2.52. The van der Waals surface area contributed by atoms with Gasteiger partial charge in [0.05, 0.1) is 24.1 Å². The van der Waals surface area contributed by atoms with E-state index < -0.39 is 0 Å². The third-order valence-electron chi connectivity index (χ3n) is 6.15. The van der Waals surface area contributed by atoms with Crippen molar-refractivity contribution < 1.29 is 0 Å². The zero-order valence-corrected chi connectivity index (χ0v) is 16.6. The first-order valence-corrected chi connectivity index (χ1v) is 10.6. The lowest BCUT2D eigenvalue weighted by molar-refractivity contribution is 0.193. The molecule has 4 heterocycles. The summed E-state index contributed by atoms with van der Waals surface area (Å²) in [5.41, 5.74) is 2.38. The number of hydrogen-bond acceptors (Lipinski definition) is 5. The fourth-order valence-corrected chi connectivity index (χ4v) is 4.69. The van der Waals surface area contributed by atoms with Gasteiger partial charge in [-0.1, -0.05) is 19.1 Å². The fraction of sp³-hybridized carbons (Fsp3) is 0.571. The summed E-state index contributed by atoms with van der Waals surface area (Å²) in [6.45, 7) is 9.26. The van der Waals surface area contributed by atoms with Crippen LogP contribution < -0.4 is 5.32 Å². The molecule has 1 fully saturated rings. The fourth-order valence-electron chi connectivity index (χ4n) is 4.69. The van der Waals surface area contributed by atoms with Gasteiger partial charge < -0.3 is 14.5 Å². The lowest BCUT2D eigenvalue weighted by Crippen LogP contribution is -2.35. The van der Waals surface area contributed by atoms with E-state index in [0.29, 0.717) is 5.92 Å². The van der Waals surface area contributed by atoms with Crippen LogP contribution in [0.5, 0.6) is 0 Å². The minimum Gasteiger partial charge on any atom is -0.327 e. The molecule has 7 heteroatoms. The SMILES string of the molecule is CCCn1c(CN2CCC(c3nnc4n3CCNC4)CC2)nc2ccccc21. The Morgan fingerprint density at radius 2 is 1.96 bits per heavy atom. The van der Waals surface area contributed by atoms with Crippen molar-refractivity contribution in [1.29, 1.82) is 0 Å². The van der Waals surface area contributed by atoms with Crippen molar-refractivity contribution in [3.63, 3.8) is 0 Å². The van der Waals surface area contributed by atoms with E-state index in [1.165, 1.54) is 17.2 Å². The van der Waals surface area contributed by atoms with Crippen molar-refractivity contribution in [2.24, 2.45) is 0 Å². The number of rotatable bonds is 5. The first kappa shape index (κ1) is 17.8. The molecule has 2 aliphatic rings. The minimum absolute atomic E-state index is 0.532. The van der Waals surface area contributed by atoms with Crippen LogP contribution in [0.1, 0.15) is 49.6 Å². The van der Waals surface area contributed by atoms with E-state index in [1.807, 2.05) is 0 Å². The Morgan fingerprint density at radius 3 is 2.82 bits per heavy atom. The molecule has 1 aromatic carbocycles. The van der Waals surface area contributed by atoms with Crippen LogP contribution in [0.3, 0.4) is 0 Å². The van der Waals surface area contributed by atoms with E-state index in [-0.39, 0.29) is 0 Å². The highest BCUT2D eigenvalue weighted by Gasteiger charge is 2.27. The Kier molecular flexibility index (Phi) is 4.86. The molecular weight excluding hydrogens is 350 g/mol. The molecule has 0 aliphatic carbocycles. The van der Waals surface area contributed by atoms with Gasteiger partial charge in [0, 0.05) is 25.6 Å². The summed E-state index contributed by atoms with van der Waals surface area (Å²) in [5, 5.41) is 12.3. The van der Waals surface area contributed by atoms with Gasteiger partial charge in [0.25, 0.3) is 0 Å². The number of para-hydroxylation sites is 2. The van der Waals surface area contributed by atoms with Crippen LogP contribution in [0.4, 0.5) is 0 Å². The van der Waals surface area contributed by atoms with Gasteiger partial charge in [-0.05, 0) is 44.5 Å². The molecule has 0 atom stereocenters. The van der Waals surface area contributed by atoms with Gasteiger partial charge in [-0.3, -0.25) is 4.90 Å². The first-order chi connectivity index (χ1) is 13.8. The average molecular weight is 380 g/mol. The highest BCUT2D eigenvalue weighted by molar-refractivity contribution is 5.75. The molecule has 2 aliphatic heterocycles. The Morgan fingerprint density at radius 1 is 1.11 bits per heavy atom. The molecule has 0 unspecified atom stereocenters. The zero-order valence-electron chi connectivity index (χ0n) is 16.6. The molecule has 28 heavy (non-hydrogen) atoms. The number of nitrogens with one attached hydrogen (secondary N) is 1. The quantitative estimate of drug-likeness (QED) is 0.738. The topological polar surface area (TPSA) is 63.8 Å². The van der Waals surface area contributed by atoms with Crippen LogP contribution in [0.15, 0.2) is 24.3 Å². The molecule has 0 amide bonds. The largest absolute Gasteiger partial charge is 0.327 e. The molecule has 0 saturated carbocycles. The second-order valence-electron chi connectivity index (χ2n) is 8.02. The summed E-state index contributed by atoms with van der Waals surface area (Å²) < 4.78 is 4.75. The number of aromatic nitrogens is 5. The molecule has 3 aromatic rings. The van der Waals surface area contributed by atoms with Crippen LogP contribution >= 0.6 is 0 Å². The monoisotopic (exact) mass is 379 g/mol. The number of imidazole rings is 1. The normalized spacial score (nSPS) is 18.6. The van der Waals surface area contributed by atoms with Crippen molar-refractivity contribution in [1.82, 2.24) is 34.5 Å². The number of piperidine rings is 1. The number of likely N-dealkylation sites (tertiary alicyclic amines) is 1. The van der Waals surface area contributed by atoms with Gasteiger partial charge in [-0.2, -0.15) is 0 Å². The Hall–Kier alpha value is -2.25. The number of hydrogen-bond donors (Lipinski definition) is 1. The Labute approximate surface area is 165 Å². The zero-order chi connectivity index (χ0) is 18.9. The average Bonchev–Trinajstić information content (AvgIpc) is 3.31. The molecule has 0 spiro atoms. The van der Waals surface area contributed by atoms with E-state index in [0.717, 1.165) is 76.4 Å². The molecule has 148 valence electrons. The predicted molar refractivity (Wildman–Crippen MR) is 109 cm³/mol. The molecule has 7 nitrogen and oxygen atoms in total. The van der Waals surface area contributed by atoms with Crippen LogP contribution in [0.25, 0.3) is 11.0 Å². The lowest BCUT2D eigenvalue weighted by Gasteiger charge is -2.32. The number of fused-ring (bicyclic) bond motifs is 2. The van der Waals surface area contributed by atoms with E-state index in [2.05, 4.69) is 60.7 Å². The Balaban J connectivity index is 1.28. The Bertz CT molecular complexity index is 949. The van der Waals surface area contributed by atoms with Crippen molar-refractivity contribution >= 4 is 11.0 Å². The number of aryl methyl sites for hydroxylation is 1. The van der Waals surface area contributed by atoms with Crippen LogP contribution in [-0.4, -0.2) is 48.8 Å². The maximum absolute atomic E-state index is 4.94. The highest BCUT2D eigenvalue weighted by Crippen LogP contribution is 2.29.